The summed E-state index contributed by atoms with van der Waals surface area (Å²) in [4.78, 5) is 22.8. The lowest BCUT2D eigenvalue weighted by molar-refractivity contribution is -0.140. The molecular weight excluding hydrogens is 312 g/mol. The Hall–Kier alpha value is -1.82. The molecule has 0 bridgehead atoms. The molecule has 2 rings (SSSR count). The van der Waals surface area contributed by atoms with Crippen LogP contribution in [0.3, 0.4) is 0 Å². The van der Waals surface area contributed by atoms with Gasteiger partial charge in [-0.05, 0) is 40.5 Å². The van der Waals surface area contributed by atoms with E-state index in [-0.39, 0.29) is 11.9 Å². The number of benzene rings is 1. The van der Waals surface area contributed by atoms with E-state index in [2.05, 4.69) is 21.2 Å². The van der Waals surface area contributed by atoms with Crippen LogP contribution in [-0.2, 0) is 4.79 Å². The van der Waals surface area contributed by atoms with E-state index in [1.165, 1.54) is 0 Å². The second kappa shape index (κ2) is 5.44. The van der Waals surface area contributed by atoms with Gasteiger partial charge in [-0.2, -0.15) is 0 Å². The number of nitrogens with one attached hydrogen (secondary N) is 1. The molecule has 0 heterocycles. The lowest BCUT2D eigenvalue weighted by Gasteiger charge is -2.12. The van der Waals surface area contributed by atoms with E-state index in [9.17, 15) is 9.59 Å². The van der Waals surface area contributed by atoms with Crippen LogP contribution in [-0.4, -0.2) is 23.0 Å². The van der Waals surface area contributed by atoms with E-state index in [0.717, 1.165) is 0 Å². The predicted octanol–water partition coefficient (Wildman–Crippen LogP) is 1.79. The Balaban J connectivity index is 2.00. The Morgan fingerprint density at radius 2 is 2.11 bits per heavy atom. The third-order valence-electron chi connectivity index (χ3n) is 2.98. The molecule has 0 radical (unpaired) electrons. The summed E-state index contributed by atoms with van der Waals surface area (Å²) in [5, 5.41) is 11.6. The van der Waals surface area contributed by atoms with Gasteiger partial charge in [-0.3, -0.25) is 9.59 Å². The summed E-state index contributed by atoms with van der Waals surface area (Å²) in [5.74, 6) is -1.65. The summed E-state index contributed by atoms with van der Waals surface area (Å²) in [7, 11) is 0. The van der Waals surface area contributed by atoms with Crippen molar-refractivity contribution >= 4 is 33.5 Å². The summed E-state index contributed by atoms with van der Waals surface area (Å²) in [6, 6.07) is 4.66. The number of hydrogen-bond acceptors (Lipinski definition) is 3. The molecule has 4 N–H and O–H groups in total. The van der Waals surface area contributed by atoms with Crippen molar-refractivity contribution in [2.45, 2.75) is 12.5 Å². The number of carboxylic acid groups (broad SMARTS) is 1. The van der Waals surface area contributed by atoms with Crippen molar-refractivity contribution in [3.63, 3.8) is 0 Å². The van der Waals surface area contributed by atoms with Gasteiger partial charge in [-0.15, -0.1) is 0 Å². The Morgan fingerprint density at radius 3 is 2.68 bits per heavy atom. The number of aliphatic carboxylic acids is 1. The minimum atomic E-state index is -0.872. The third kappa shape index (κ3) is 3.14. The van der Waals surface area contributed by atoms with Crippen LogP contribution in [0.2, 0.25) is 0 Å². The molecule has 19 heavy (non-hydrogen) atoms. The lowest BCUT2D eigenvalue weighted by atomic mass is 10.1. The smallest absolute Gasteiger partial charge is 0.310 e. The second-order valence-corrected chi connectivity index (χ2v) is 5.24. The van der Waals surface area contributed by atoms with E-state index < -0.39 is 11.9 Å². The van der Waals surface area contributed by atoms with Gasteiger partial charge >= 0.3 is 5.97 Å². The zero-order valence-corrected chi connectivity index (χ0v) is 11.6. The van der Waals surface area contributed by atoms with Gasteiger partial charge in [0.2, 0.25) is 0 Å². The van der Waals surface area contributed by atoms with Crippen molar-refractivity contribution in [1.82, 2.24) is 5.32 Å². The third-order valence-corrected chi connectivity index (χ3v) is 3.67. The first-order chi connectivity index (χ1) is 8.97. The number of carbonyl (C=O) groups excluding carboxylic acids is 1. The van der Waals surface area contributed by atoms with Crippen LogP contribution < -0.4 is 11.1 Å². The van der Waals surface area contributed by atoms with Crippen LogP contribution in [0, 0.1) is 5.92 Å². The van der Waals surface area contributed by atoms with E-state index in [1.807, 2.05) is 0 Å². The number of carboxylic acids is 1. The number of hydrogen-bond donors (Lipinski definition) is 3. The van der Waals surface area contributed by atoms with E-state index in [1.54, 1.807) is 30.4 Å². The molecule has 6 heteroatoms. The van der Waals surface area contributed by atoms with Crippen LogP contribution in [0.4, 0.5) is 5.69 Å². The topological polar surface area (TPSA) is 92.4 Å². The van der Waals surface area contributed by atoms with Crippen molar-refractivity contribution in [1.29, 1.82) is 0 Å². The Kier molecular flexibility index (Phi) is 3.90. The monoisotopic (exact) mass is 324 g/mol. The molecule has 0 fully saturated rings. The minimum Gasteiger partial charge on any atom is -0.481 e. The number of halogens is 1. The standard InChI is InChI=1S/C13H13BrN2O3/c14-10-6-7(2-4-11(10)15)12(17)16-9-3-1-8(5-9)13(18)19/h1-4,6,8-9H,5,15H2,(H,16,17)(H,18,19). The second-order valence-electron chi connectivity index (χ2n) is 4.38. The summed E-state index contributed by atoms with van der Waals surface area (Å²) < 4.78 is 0.658. The Labute approximate surface area is 118 Å². The molecule has 0 aliphatic heterocycles. The lowest BCUT2D eigenvalue weighted by Crippen LogP contribution is -2.33. The highest BCUT2D eigenvalue weighted by Gasteiger charge is 2.25. The van der Waals surface area contributed by atoms with Gasteiger partial charge in [0.15, 0.2) is 0 Å². The highest BCUT2D eigenvalue weighted by Crippen LogP contribution is 2.21. The van der Waals surface area contributed by atoms with E-state index in [0.29, 0.717) is 22.1 Å². The molecule has 1 aliphatic rings. The zero-order valence-electron chi connectivity index (χ0n) is 9.97. The SMILES string of the molecule is Nc1ccc(C(=O)NC2C=CC(C(=O)O)C2)cc1Br. The number of nitrogens with two attached hydrogens (primary N) is 1. The van der Waals surface area contributed by atoms with Crippen LogP contribution >= 0.6 is 15.9 Å². The van der Waals surface area contributed by atoms with Crippen molar-refractivity contribution in [2.24, 2.45) is 5.92 Å². The minimum absolute atomic E-state index is 0.245. The van der Waals surface area contributed by atoms with Crippen molar-refractivity contribution < 1.29 is 14.7 Å². The Morgan fingerprint density at radius 1 is 1.37 bits per heavy atom. The van der Waals surface area contributed by atoms with Gasteiger partial charge in [0.05, 0.1) is 5.92 Å². The number of amides is 1. The van der Waals surface area contributed by atoms with Gasteiger partial charge < -0.3 is 16.2 Å². The number of rotatable bonds is 3. The largest absolute Gasteiger partial charge is 0.481 e. The molecular formula is C13H13BrN2O3. The van der Waals surface area contributed by atoms with Crippen LogP contribution in [0.25, 0.3) is 0 Å². The molecule has 0 aromatic heterocycles. The highest BCUT2D eigenvalue weighted by molar-refractivity contribution is 9.10. The molecule has 1 aliphatic carbocycles. The molecule has 1 aromatic rings. The summed E-state index contributed by atoms with van der Waals surface area (Å²) in [6.45, 7) is 0. The summed E-state index contributed by atoms with van der Waals surface area (Å²) in [6.07, 6.45) is 3.70. The molecule has 2 atom stereocenters. The fraction of sp³-hybridized carbons (Fsp3) is 0.231. The molecule has 100 valence electrons. The first-order valence-electron chi connectivity index (χ1n) is 5.74. The quantitative estimate of drug-likeness (QED) is 0.583. The summed E-state index contributed by atoms with van der Waals surface area (Å²) in [5.41, 5.74) is 6.69. The van der Waals surface area contributed by atoms with Gasteiger partial charge in [-0.25, -0.2) is 0 Å². The zero-order chi connectivity index (χ0) is 14.0. The van der Waals surface area contributed by atoms with Crippen LogP contribution in [0.15, 0.2) is 34.8 Å². The molecule has 0 saturated carbocycles. The molecule has 2 unspecified atom stereocenters. The Bertz CT molecular complexity index is 557. The van der Waals surface area contributed by atoms with Crippen LogP contribution in [0.5, 0.6) is 0 Å². The number of nitrogen functional groups attached to an aromatic ring is 1. The van der Waals surface area contributed by atoms with Crippen molar-refractivity contribution in [2.75, 3.05) is 5.73 Å². The summed E-state index contributed by atoms with van der Waals surface area (Å²) >= 11 is 3.26. The number of carbonyl (C=O) groups is 2. The maximum atomic E-state index is 12.0. The molecule has 1 aromatic carbocycles. The van der Waals surface area contributed by atoms with Crippen LogP contribution in [0.1, 0.15) is 16.8 Å². The molecule has 0 saturated heterocycles. The van der Waals surface area contributed by atoms with Gasteiger partial charge in [0.1, 0.15) is 0 Å². The molecule has 1 amide bonds. The first kappa shape index (κ1) is 13.6. The maximum absolute atomic E-state index is 12.0. The maximum Gasteiger partial charge on any atom is 0.310 e. The average molecular weight is 325 g/mol. The average Bonchev–Trinajstić information content (AvgIpc) is 2.81. The molecule has 5 nitrogen and oxygen atoms in total. The first-order valence-corrected chi connectivity index (χ1v) is 6.53. The molecule has 0 spiro atoms. The van der Waals surface area contributed by atoms with Gasteiger partial charge in [-0.1, -0.05) is 12.2 Å². The normalized spacial score (nSPS) is 21.3. The highest BCUT2D eigenvalue weighted by atomic mass is 79.9. The van der Waals surface area contributed by atoms with Crippen molar-refractivity contribution in [3.8, 4) is 0 Å². The predicted molar refractivity (Wildman–Crippen MR) is 74.7 cm³/mol. The van der Waals surface area contributed by atoms with Crippen molar-refractivity contribution in [3.05, 3.63) is 40.4 Å². The fourth-order valence-corrected chi connectivity index (χ4v) is 2.29. The van der Waals surface area contributed by atoms with E-state index in [4.69, 9.17) is 10.8 Å². The fourth-order valence-electron chi connectivity index (χ4n) is 1.91. The van der Waals surface area contributed by atoms with E-state index >= 15 is 0 Å². The number of anilines is 1. The van der Waals surface area contributed by atoms with Gasteiger partial charge in [0.25, 0.3) is 5.91 Å². The van der Waals surface area contributed by atoms with Gasteiger partial charge in [0, 0.05) is 21.8 Å².